The number of hydrogen-bond acceptors (Lipinski definition) is 2. The average molecular weight is 280 g/mol. The van der Waals surface area contributed by atoms with Gasteiger partial charge in [0.05, 0.1) is 5.56 Å². The van der Waals surface area contributed by atoms with Crippen molar-refractivity contribution in [2.24, 2.45) is 0 Å². The van der Waals surface area contributed by atoms with Crippen molar-refractivity contribution in [3.8, 4) is 11.5 Å². The van der Waals surface area contributed by atoms with Crippen LogP contribution in [0.25, 0.3) is 10.8 Å². The normalized spacial score (nSPS) is 10.4. The molecule has 0 radical (unpaired) electrons. The molecular formula is C17H12O2S. The minimum Gasteiger partial charge on any atom is -0.456 e. The van der Waals surface area contributed by atoms with Gasteiger partial charge in [0.25, 0.3) is 0 Å². The van der Waals surface area contributed by atoms with Crippen molar-refractivity contribution >= 4 is 28.5 Å². The molecule has 0 fully saturated rings. The summed E-state index contributed by atoms with van der Waals surface area (Å²) in [5, 5.41) is 1.80. The molecule has 0 aliphatic heterocycles. The van der Waals surface area contributed by atoms with Crippen LogP contribution in [0, 0.1) is 0 Å². The van der Waals surface area contributed by atoms with Crippen molar-refractivity contribution in [3.05, 3.63) is 72.3 Å². The van der Waals surface area contributed by atoms with Gasteiger partial charge in [0, 0.05) is 5.39 Å². The molecule has 3 aromatic rings. The van der Waals surface area contributed by atoms with E-state index in [1.807, 2.05) is 48.5 Å². The highest BCUT2D eigenvalue weighted by atomic mass is 32.1. The first kappa shape index (κ1) is 12.8. The highest BCUT2D eigenvalue weighted by Crippen LogP contribution is 2.31. The topological polar surface area (TPSA) is 26.3 Å². The number of ether oxygens (including phenoxy) is 1. The van der Waals surface area contributed by atoms with Gasteiger partial charge in [-0.05, 0) is 23.6 Å². The minimum absolute atomic E-state index is 0.305. The highest BCUT2D eigenvalue weighted by Gasteiger charge is 2.10. The maximum Gasteiger partial charge on any atom is 0.220 e. The van der Waals surface area contributed by atoms with Crippen LogP contribution in [-0.2, 0) is 0 Å². The van der Waals surface area contributed by atoms with Crippen molar-refractivity contribution in [2.45, 2.75) is 0 Å². The second kappa shape index (κ2) is 5.39. The van der Waals surface area contributed by atoms with Gasteiger partial charge < -0.3 is 4.74 Å². The van der Waals surface area contributed by atoms with Gasteiger partial charge in [-0.3, -0.25) is 4.79 Å². The van der Waals surface area contributed by atoms with Gasteiger partial charge >= 0.3 is 0 Å². The zero-order chi connectivity index (χ0) is 13.9. The Kier molecular flexibility index (Phi) is 3.44. The Bertz CT molecular complexity index is 775. The predicted octanol–water partition coefficient (Wildman–Crippen LogP) is 4.70. The zero-order valence-electron chi connectivity index (χ0n) is 10.6. The van der Waals surface area contributed by atoms with Gasteiger partial charge in [-0.1, -0.05) is 48.5 Å². The van der Waals surface area contributed by atoms with Crippen molar-refractivity contribution in [3.63, 3.8) is 0 Å². The molecule has 0 saturated heterocycles. The quantitative estimate of drug-likeness (QED) is 0.704. The molecule has 0 aromatic heterocycles. The molecule has 0 bridgehead atoms. The van der Waals surface area contributed by atoms with Crippen LogP contribution in [0.2, 0.25) is 0 Å². The Morgan fingerprint density at radius 3 is 2.30 bits per heavy atom. The largest absolute Gasteiger partial charge is 0.456 e. The monoisotopic (exact) mass is 280 g/mol. The van der Waals surface area contributed by atoms with E-state index in [1.54, 1.807) is 18.2 Å². The standard InChI is InChI=1S/C17H12O2S/c18-17(20)14-9-3-4-10-16(14)19-15-11-5-7-12-6-1-2-8-13(12)15/h1-11H,(H,18,20). The number of benzene rings is 3. The van der Waals surface area contributed by atoms with E-state index < -0.39 is 0 Å². The molecule has 0 amide bonds. The first-order valence-corrected chi connectivity index (χ1v) is 6.68. The third-order valence-corrected chi connectivity index (χ3v) is 3.33. The number of rotatable bonds is 3. The molecule has 0 aliphatic rings. The summed E-state index contributed by atoms with van der Waals surface area (Å²) in [5.74, 6) is 1.24. The Labute approximate surface area is 122 Å². The van der Waals surface area contributed by atoms with Crippen LogP contribution in [0.4, 0.5) is 0 Å². The number of fused-ring (bicyclic) bond motifs is 1. The van der Waals surface area contributed by atoms with E-state index in [9.17, 15) is 4.79 Å². The number of thiol groups is 1. The third kappa shape index (κ3) is 2.40. The summed E-state index contributed by atoms with van der Waals surface area (Å²) in [6.07, 6.45) is 0. The SMILES string of the molecule is O=C(S)c1ccccc1Oc1cccc2ccccc12. The smallest absolute Gasteiger partial charge is 0.220 e. The lowest BCUT2D eigenvalue weighted by molar-refractivity contribution is 0.108. The van der Waals surface area contributed by atoms with E-state index in [4.69, 9.17) is 4.74 Å². The summed E-state index contributed by atoms with van der Waals surface area (Å²) < 4.78 is 5.91. The van der Waals surface area contributed by atoms with Crippen LogP contribution in [-0.4, -0.2) is 5.12 Å². The lowest BCUT2D eigenvalue weighted by Crippen LogP contribution is -1.95. The molecule has 3 aromatic carbocycles. The van der Waals surface area contributed by atoms with Crippen LogP contribution in [0.3, 0.4) is 0 Å². The Balaban J connectivity index is 2.08. The van der Waals surface area contributed by atoms with Crippen molar-refractivity contribution in [1.82, 2.24) is 0 Å². The van der Waals surface area contributed by atoms with Crippen molar-refractivity contribution in [1.29, 1.82) is 0 Å². The summed E-state index contributed by atoms with van der Waals surface area (Å²) in [6, 6.07) is 20.9. The average Bonchev–Trinajstić information content (AvgIpc) is 2.48. The van der Waals surface area contributed by atoms with Gasteiger partial charge in [-0.15, -0.1) is 12.6 Å². The van der Waals surface area contributed by atoms with Crippen LogP contribution in [0.1, 0.15) is 10.4 Å². The summed E-state index contributed by atoms with van der Waals surface area (Å²) in [6.45, 7) is 0. The minimum atomic E-state index is -0.305. The van der Waals surface area contributed by atoms with Crippen LogP contribution in [0.5, 0.6) is 11.5 Å². The van der Waals surface area contributed by atoms with E-state index in [0.29, 0.717) is 11.3 Å². The van der Waals surface area contributed by atoms with Crippen LogP contribution >= 0.6 is 12.6 Å². The molecule has 98 valence electrons. The molecule has 0 atom stereocenters. The summed E-state index contributed by atoms with van der Waals surface area (Å²) in [7, 11) is 0. The molecule has 2 nitrogen and oxygen atoms in total. The summed E-state index contributed by atoms with van der Waals surface area (Å²) >= 11 is 3.88. The lowest BCUT2D eigenvalue weighted by atomic mass is 10.1. The van der Waals surface area contributed by atoms with E-state index >= 15 is 0 Å². The lowest BCUT2D eigenvalue weighted by Gasteiger charge is -2.11. The number of carbonyl (C=O) groups excluding carboxylic acids is 1. The maximum atomic E-state index is 11.5. The van der Waals surface area contributed by atoms with Gasteiger partial charge in [0.2, 0.25) is 5.12 Å². The van der Waals surface area contributed by atoms with Gasteiger partial charge in [-0.25, -0.2) is 0 Å². The Morgan fingerprint density at radius 2 is 1.45 bits per heavy atom. The van der Waals surface area contributed by atoms with E-state index in [0.717, 1.165) is 16.5 Å². The molecule has 0 saturated carbocycles. The van der Waals surface area contributed by atoms with Gasteiger partial charge in [0.1, 0.15) is 11.5 Å². The molecule has 20 heavy (non-hydrogen) atoms. The molecule has 0 aliphatic carbocycles. The van der Waals surface area contributed by atoms with E-state index in [2.05, 4.69) is 12.6 Å². The fraction of sp³-hybridized carbons (Fsp3) is 0. The second-order valence-electron chi connectivity index (χ2n) is 4.38. The predicted molar refractivity (Wildman–Crippen MR) is 83.8 cm³/mol. The van der Waals surface area contributed by atoms with Crippen molar-refractivity contribution in [2.75, 3.05) is 0 Å². The van der Waals surface area contributed by atoms with E-state index in [-0.39, 0.29) is 5.12 Å². The molecular weight excluding hydrogens is 268 g/mol. The summed E-state index contributed by atoms with van der Waals surface area (Å²) in [4.78, 5) is 11.5. The first-order chi connectivity index (χ1) is 9.75. The van der Waals surface area contributed by atoms with Gasteiger partial charge in [0.15, 0.2) is 0 Å². The number of carbonyl (C=O) groups is 1. The Hall–Kier alpha value is -2.26. The van der Waals surface area contributed by atoms with Crippen LogP contribution in [0.15, 0.2) is 66.7 Å². The van der Waals surface area contributed by atoms with Gasteiger partial charge in [-0.2, -0.15) is 0 Å². The molecule has 3 rings (SSSR count). The summed E-state index contributed by atoms with van der Waals surface area (Å²) in [5.41, 5.74) is 0.462. The number of hydrogen-bond donors (Lipinski definition) is 1. The van der Waals surface area contributed by atoms with Crippen LogP contribution < -0.4 is 4.74 Å². The van der Waals surface area contributed by atoms with Crippen molar-refractivity contribution < 1.29 is 9.53 Å². The molecule has 0 heterocycles. The number of para-hydroxylation sites is 1. The Morgan fingerprint density at radius 1 is 0.800 bits per heavy atom. The molecule has 0 spiro atoms. The fourth-order valence-electron chi connectivity index (χ4n) is 2.14. The second-order valence-corrected chi connectivity index (χ2v) is 4.79. The van der Waals surface area contributed by atoms with E-state index in [1.165, 1.54) is 0 Å². The maximum absolute atomic E-state index is 11.5. The zero-order valence-corrected chi connectivity index (χ0v) is 11.5. The fourth-order valence-corrected chi connectivity index (χ4v) is 2.32. The highest BCUT2D eigenvalue weighted by molar-refractivity contribution is 7.97. The third-order valence-electron chi connectivity index (χ3n) is 3.09. The first-order valence-electron chi connectivity index (χ1n) is 6.23. The molecule has 3 heteroatoms. The molecule has 0 unspecified atom stereocenters. The molecule has 0 N–H and O–H groups in total.